The van der Waals surface area contributed by atoms with E-state index in [1.54, 1.807) is 0 Å². The summed E-state index contributed by atoms with van der Waals surface area (Å²) in [6.07, 6.45) is 6.62. The molecule has 5 rings (SSSR count). The Bertz CT molecular complexity index is 1020. The summed E-state index contributed by atoms with van der Waals surface area (Å²) in [5.74, 6) is 0.989. The molecule has 2 aromatic heterocycles. The van der Waals surface area contributed by atoms with Crippen molar-refractivity contribution in [3.8, 4) is 0 Å². The molecule has 0 spiro atoms. The van der Waals surface area contributed by atoms with Crippen molar-refractivity contribution < 1.29 is 9.21 Å². The molecule has 2 aliphatic rings. The van der Waals surface area contributed by atoms with Crippen molar-refractivity contribution in [3.63, 3.8) is 0 Å². The van der Waals surface area contributed by atoms with Gasteiger partial charge in [0.2, 0.25) is 0 Å². The fraction of sp³-hybridized carbons (Fsp3) is 0.500. The Labute approximate surface area is 170 Å². The molecule has 0 radical (unpaired) electrons. The summed E-state index contributed by atoms with van der Waals surface area (Å²) in [7, 11) is 0. The van der Waals surface area contributed by atoms with E-state index in [1.165, 1.54) is 37.2 Å². The quantitative estimate of drug-likeness (QED) is 0.734. The molecule has 2 aliphatic heterocycles. The Morgan fingerprint density at radius 1 is 1.24 bits per heavy atom. The second kappa shape index (κ2) is 7.63. The molecule has 7 nitrogen and oxygen atoms in total. The van der Waals surface area contributed by atoms with E-state index in [1.807, 2.05) is 36.2 Å². The molecule has 3 aromatic rings. The van der Waals surface area contributed by atoms with Gasteiger partial charge >= 0.3 is 0 Å². The smallest absolute Gasteiger partial charge is 0.254 e. The Hall–Kier alpha value is -2.67. The van der Waals surface area contributed by atoms with Crippen molar-refractivity contribution in [1.82, 2.24) is 25.0 Å². The lowest BCUT2D eigenvalue weighted by atomic mass is 9.92. The molecular weight excluding hydrogens is 366 g/mol. The summed E-state index contributed by atoms with van der Waals surface area (Å²) in [4.78, 5) is 21.9. The van der Waals surface area contributed by atoms with E-state index in [0.29, 0.717) is 23.0 Å². The first-order valence-electron chi connectivity index (χ1n) is 10.6. The second-order valence-electron chi connectivity index (χ2n) is 8.30. The molecule has 7 heteroatoms. The van der Waals surface area contributed by atoms with Crippen LogP contribution in [-0.4, -0.2) is 57.1 Å². The molecule has 0 bridgehead atoms. The monoisotopic (exact) mass is 393 g/mol. The molecule has 1 N–H and O–H groups in total. The minimum Gasteiger partial charge on any atom is -0.441 e. The number of amides is 1. The maximum absolute atomic E-state index is 13.2. The lowest BCUT2D eigenvalue weighted by Crippen LogP contribution is -2.39. The number of H-pyrrole nitrogens is 1. The first-order chi connectivity index (χ1) is 14.2. The zero-order chi connectivity index (χ0) is 19.8. The summed E-state index contributed by atoms with van der Waals surface area (Å²) in [5.41, 5.74) is 4.61. The van der Waals surface area contributed by atoms with Gasteiger partial charge in [-0.3, -0.25) is 14.8 Å². The number of nitrogens with zero attached hydrogens (tertiary/aromatic N) is 4. The van der Waals surface area contributed by atoms with Crippen LogP contribution in [0, 0.1) is 6.92 Å². The number of rotatable bonds is 4. The predicted octanol–water partition coefficient (Wildman–Crippen LogP) is 3.47. The molecule has 2 saturated heterocycles. The van der Waals surface area contributed by atoms with Crippen molar-refractivity contribution in [1.29, 1.82) is 0 Å². The third-order valence-electron chi connectivity index (χ3n) is 6.20. The maximum atomic E-state index is 13.2. The highest BCUT2D eigenvalue weighted by molar-refractivity contribution is 5.97. The zero-order valence-corrected chi connectivity index (χ0v) is 16.9. The lowest BCUT2D eigenvalue weighted by molar-refractivity contribution is 0.0705. The van der Waals surface area contributed by atoms with Crippen LogP contribution in [0.4, 0.5) is 0 Å². The summed E-state index contributed by atoms with van der Waals surface area (Å²) < 4.78 is 5.61. The number of oxazole rings is 1. The van der Waals surface area contributed by atoms with Gasteiger partial charge in [-0.15, -0.1) is 0 Å². The second-order valence-corrected chi connectivity index (χ2v) is 8.30. The average Bonchev–Trinajstić information content (AvgIpc) is 3.48. The van der Waals surface area contributed by atoms with Crippen LogP contribution in [0.3, 0.4) is 0 Å². The predicted molar refractivity (Wildman–Crippen MR) is 110 cm³/mol. The van der Waals surface area contributed by atoms with Crippen LogP contribution in [0.15, 0.2) is 28.8 Å². The molecule has 1 aromatic carbocycles. The summed E-state index contributed by atoms with van der Waals surface area (Å²) in [5, 5.41) is 7.57. The van der Waals surface area contributed by atoms with Crippen molar-refractivity contribution in [2.75, 3.05) is 26.2 Å². The average molecular weight is 393 g/mol. The number of fused-ring (bicyclic) bond motifs is 1. The number of likely N-dealkylation sites (tertiary alicyclic amines) is 2. The van der Waals surface area contributed by atoms with Crippen LogP contribution in [-0.2, 0) is 6.54 Å². The van der Waals surface area contributed by atoms with Crippen LogP contribution in [0.5, 0.6) is 0 Å². The van der Waals surface area contributed by atoms with E-state index in [-0.39, 0.29) is 5.91 Å². The van der Waals surface area contributed by atoms with E-state index in [2.05, 4.69) is 20.1 Å². The van der Waals surface area contributed by atoms with Gasteiger partial charge < -0.3 is 9.32 Å². The molecule has 152 valence electrons. The molecular formula is C22H27N5O2. The van der Waals surface area contributed by atoms with E-state index in [0.717, 1.165) is 38.0 Å². The number of carbonyl (C=O) groups excluding carboxylic acids is 1. The normalized spacial score (nSPS) is 20.6. The van der Waals surface area contributed by atoms with Gasteiger partial charge in [-0.1, -0.05) is 0 Å². The fourth-order valence-electron chi connectivity index (χ4n) is 4.73. The number of carbonyl (C=O) groups is 1. The van der Waals surface area contributed by atoms with Gasteiger partial charge in [0.1, 0.15) is 5.52 Å². The van der Waals surface area contributed by atoms with E-state index >= 15 is 0 Å². The summed E-state index contributed by atoms with van der Waals surface area (Å²) in [6.45, 7) is 6.63. The number of piperidine rings is 1. The zero-order valence-electron chi connectivity index (χ0n) is 16.9. The number of aromatic amines is 1. The highest BCUT2D eigenvalue weighted by Crippen LogP contribution is 2.30. The molecule has 0 saturated carbocycles. The number of aryl methyl sites for hydroxylation is 1. The summed E-state index contributed by atoms with van der Waals surface area (Å²) >= 11 is 0. The number of aromatic nitrogens is 3. The Kier molecular flexibility index (Phi) is 4.83. The fourth-order valence-corrected chi connectivity index (χ4v) is 4.73. The van der Waals surface area contributed by atoms with Gasteiger partial charge in [-0.05, 0) is 57.0 Å². The molecule has 1 atom stereocenters. The SMILES string of the molecule is Cc1nc2ccc(C(=O)N3CCCC(c4[nH]ncc4CN4CCCC4)C3)cc2o1. The number of hydrogen-bond donors (Lipinski definition) is 1. The topological polar surface area (TPSA) is 78.3 Å². The Morgan fingerprint density at radius 3 is 2.97 bits per heavy atom. The van der Waals surface area contributed by atoms with Crippen molar-refractivity contribution in [2.45, 2.75) is 45.1 Å². The molecule has 0 aliphatic carbocycles. The van der Waals surface area contributed by atoms with Crippen LogP contribution in [0.2, 0.25) is 0 Å². The van der Waals surface area contributed by atoms with E-state index in [4.69, 9.17) is 4.42 Å². The number of hydrogen-bond acceptors (Lipinski definition) is 5. The highest BCUT2D eigenvalue weighted by Gasteiger charge is 2.29. The molecule has 4 heterocycles. The first kappa shape index (κ1) is 18.4. The first-order valence-corrected chi connectivity index (χ1v) is 10.6. The van der Waals surface area contributed by atoms with Gasteiger partial charge in [-0.25, -0.2) is 4.98 Å². The van der Waals surface area contributed by atoms with Crippen LogP contribution in [0.25, 0.3) is 11.1 Å². The highest BCUT2D eigenvalue weighted by atomic mass is 16.3. The van der Waals surface area contributed by atoms with E-state index in [9.17, 15) is 4.79 Å². The van der Waals surface area contributed by atoms with Gasteiger partial charge in [0.05, 0.1) is 6.20 Å². The largest absolute Gasteiger partial charge is 0.441 e. The Balaban J connectivity index is 1.32. The Morgan fingerprint density at radius 2 is 2.10 bits per heavy atom. The van der Waals surface area contributed by atoms with Crippen LogP contribution >= 0.6 is 0 Å². The molecule has 1 amide bonds. The minimum absolute atomic E-state index is 0.0614. The van der Waals surface area contributed by atoms with Crippen LogP contribution < -0.4 is 0 Å². The molecule has 29 heavy (non-hydrogen) atoms. The van der Waals surface area contributed by atoms with Gasteiger partial charge in [0, 0.05) is 49.3 Å². The van der Waals surface area contributed by atoms with Gasteiger partial charge in [0.25, 0.3) is 5.91 Å². The van der Waals surface area contributed by atoms with Crippen LogP contribution in [0.1, 0.15) is 59.1 Å². The number of nitrogens with one attached hydrogen (secondary N) is 1. The third-order valence-corrected chi connectivity index (χ3v) is 6.20. The lowest BCUT2D eigenvalue weighted by Gasteiger charge is -2.33. The van der Waals surface area contributed by atoms with Gasteiger partial charge in [0.15, 0.2) is 11.5 Å². The number of benzene rings is 1. The minimum atomic E-state index is 0.0614. The van der Waals surface area contributed by atoms with E-state index < -0.39 is 0 Å². The molecule has 2 fully saturated rings. The maximum Gasteiger partial charge on any atom is 0.254 e. The van der Waals surface area contributed by atoms with Crippen molar-refractivity contribution >= 4 is 17.0 Å². The van der Waals surface area contributed by atoms with Crippen molar-refractivity contribution in [3.05, 3.63) is 47.1 Å². The third kappa shape index (κ3) is 3.67. The molecule has 1 unspecified atom stereocenters. The standard InChI is InChI=1S/C22H27N5O2/c1-15-24-19-7-6-16(11-20(19)29-15)22(28)27-10-4-5-17(14-27)21-18(12-23-25-21)13-26-8-2-3-9-26/h6-7,11-12,17H,2-5,8-10,13-14H2,1H3,(H,23,25). The van der Waals surface area contributed by atoms with Crippen molar-refractivity contribution in [2.24, 2.45) is 0 Å². The summed E-state index contributed by atoms with van der Waals surface area (Å²) in [6, 6.07) is 5.53. The van der Waals surface area contributed by atoms with Gasteiger partial charge in [-0.2, -0.15) is 5.10 Å².